The lowest BCUT2D eigenvalue weighted by molar-refractivity contribution is -0.139. The molecule has 1 aliphatic heterocycles. The van der Waals surface area contributed by atoms with Gasteiger partial charge in [0, 0.05) is 12.8 Å². The second-order valence-electron chi connectivity index (χ2n) is 3.95. The Hall–Kier alpha value is -2.04. The third-order valence-corrected chi connectivity index (χ3v) is 2.79. The normalized spacial score (nSPS) is 15.5. The van der Waals surface area contributed by atoms with Gasteiger partial charge >= 0.3 is 0 Å². The van der Waals surface area contributed by atoms with Crippen LogP contribution in [0.1, 0.15) is 18.4 Å². The number of ether oxygens (including phenoxy) is 1. The van der Waals surface area contributed by atoms with Crippen LogP contribution in [-0.2, 0) is 16.1 Å². The summed E-state index contributed by atoms with van der Waals surface area (Å²) < 4.78 is 5.04. The Balaban J connectivity index is 2.16. The zero-order valence-corrected chi connectivity index (χ0v) is 9.60. The number of nitrogens with two attached hydrogens (primary N) is 1. The van der Waals surface area contributed by atoms with Crippen molar-refractivity contribution >= 4 is 17.5 Å². The molecule has 1 aromatic rings. The summed E-state index contributed by atoms with van der Waals surface area (Å²) in [4.78, 5) is 24.2. The molecule has 0 aromatic heterocycles. The molecule has 1 saturated heterocycles. The molecule has 0 atom stereocenters. The standard InChI is InChI=1S/C12H14N2O3/c1-17-10-3-2-8(6-9(10)13)7-14-11(15)4-5-12(14)16/h2-3,6H,4-5,7,13H2,1H3. The van der Waals surface area contributed by atoms with E-state index in [-0.39, 0.29) is 18.4 Å². The van der Waals surface area contributed by atoms with E-state index in [1.165, 1.54) is 4.90 Å². The molecule has 2 N–H and O–H groups in total. The van der Waals surface area contributed by atoms with Gasteiger partial charge in [-0.15, -0.1) is 0 Å². The van der Waals surface area contributed by atoms with Crippen LogP contribution in [0.3, 0.4) is 0 Å². The molecule has 0 aliphatic carbocycles. The number of rotatable bonds is 3. The van der Waals surface area contributed by atoms with Gasteiger partial charge in [-0.1, -0.05) is 6.07 Å². The summed E-state index contributed by atoms with van der Waals surface area (Å²) in [5, 5.41) is 0. The molecule has 17 heavy (non-hydrogen) atoms. The number of anilines is 1. The number of amides is 2. The first kappa shape index (κ1) is 11.4. The van der Waals surface area contributed by atoms with E-state index in [1.54, 1.807) is 25.3 Å². The van der Waals surface area contributed by atoms with Gasteiger partial charge in [0.25, 0.3) is 0 Å². The molecule has 1 aliphatic rings. The highest BCUT2D eigenvalue weighted by atomic mass is 16.5. The smallest absolute Gasteiger partial charge is 0.229 e. The highest BCUT2D eigenvalue weighted by molar-refractivity contribution is 6.01. The first-order chi connectivity index (χ1) is 8.11. The fourth-order valence-corrected chi connectivity index (χ4v) is 1.86. The summed E-state index contributed by atoms with van der Waals surface area (Å²) >= 11 is 0. The maximum Gasteiger partial charge on any atom is 0.229 e. The van der Waals surface area contributed by atoms with Gasteiger partial charge in [-0.3, -0.25) is 14.5 Å². The van der Waals surface area contributed by atoms with Crippen molar-refractivity contribution in [3.8, 4) is 5.75 Å². The number of benzene rings is 1. The van der Waals surface area contributed by atoms with E-state index in [0.717, 1.165) is 5.56 Å². The van der Waals surface area contributed by atoms with E-state index in [2.05, 4.69) is 0 Å². The Labute approximate surface area is 99.2 Å². The van der Waals surface area contributed by atoms with Gasteiger partial charge in [-0.05, 0) is 17.7 Å². The van der Waals surface area contributed by atoms with Crippen LogP contribution in [0.2, 0.25) is 0 Å². The highest BCUT2D eigenvalue weighted by Gasteiger charge is 2.28. The number of nitrogen functional groups attached to an aromatic ring is 1. The zero-order valence-electron chi connectivity index (χ0n) is 9.60. The first-order valence-electron chi connectivity index (χ1n) is 5.37. The molecule has 5 heteroatoms. The predicted molar refractivity (Wildman–Crippen MR) is 62.2 cm³/mol. The van der Waals surface area contributed by atoms with Gasteiger partial charge in [0.2, 0.25) is 11.8 Å². The van der Waals surface area contributed by atoms with Crippen molar-refractivity contribution in [1.82, 2.24) is 4.90 Å². The van der Waals surface area contributed by atoms with Crippen LogP contribution in [0, 0.1) is 0 Å². The van der Waals surface area contributed by atoms with Crippen LogP contribution in [-0.4, -0.2) is 23.8 Å². The van der Waals surface area contributed by atoms with Gasteiger partial charge in [0.1, 0.15) is 5.75 Å². The van der Waals surface area contributed by atoms with Gasteiger partial charge in [0.05, 0.1) is 19.3 Å². The summed E-state index contributed by atoms with van der Waals surface area (Å²) in [6.07, 6.45) is 0.620. The summed E-state index contributed by atoms with van der Waals surface area (Å²) in [7, 11) is 1.54. The zero-order chi connectivity index (χ0) is 12.4. The van der Waals surface area contributed by atoms with Crippen molar-refractivity contribution in [3.05, 3.63) is 23.8 Å². The molecule has 0 bridgehead atoms. The third-order valence-electron chi connectivity index (χ3n) is 2.79. The number of nitrogens with zero attached hydrogens (tertiary/aromatic N) is 1. The number of methoxy groups -OCH3 is 1. The Morgan fingerprint density at radius 1 is 1.29 bits per heavy atom. The Bertz CT molecular complexity index is 455. The van der Waals surface area contributed by atoms with E-state index >= 15 is 0 Å². The van der Waals surface area contributed by atoms with Crippen molar-refractivity contribution in [1.29, 1.82) is 0 Å². The second-order valence-corrected chi connectivity index (χ2v) is 3.95. The lowest BCUT2D eigenvalue weighted by Gasteiger charge is -2.14. The maximum absolute atomic E-state index is 11.4. The lowest BCUT2D eigenvalue weighted by Crippen LogP contribution is -2.28. The quantitative estimate of drug-likeness (QED) is 0.623. The average molecular weight is 234 g/mol. The molecule has 2 rings (SSSR count). The maximum atomic E-state index is 11.4. The van der Waals surface area contributed by atoms with Crippen molar-refractivity contribution < 1.29 is 14.3 Å². The SMILES string of the molecule is COc1ccc(CN2C(=O)CCC2=O)cc1N. The molecule has 0 unspecified atom stereocenters. The molecule has 0 spiro atoms. The van der Waals surface area contributed by atoms with Crippen molar-refractivity contribution in [2.75, 3.05) is 12.8 Å². The van der Waals surface area contributed by atoms with E-state index in [9.17, 15) is 9.59 Å². The van der Waals surface area contributed by atoms with Crippen LogP contribution < -0.4 is 10.5 Å². The Kier molecular flexibility index (Phi) is 2.99. The van der Waals surface area contributed by atoms with Crippen LogP contribution >= 0.6 is 0 Å². The monoisotopic (exact) mass is 234 g/mol. The summed E-state index contributed by atoms with van der Waals surface area (Å²) in [5.74, 6) is 0.349. The molecular weight excluding hydrogens is 220 g/mol. The van der Waals surface area contributed by atoms with E-state index in [4.69, 9.17) is 10.5 Å². The first-order valence-corrected chi connectivity index (χ1v) is 5.37. The van der Waals surface area contributed by atoms with Gasteiger partial charge in [-0.2, -0.15) is 0 Å². The minimum atomic E-state index is -0.121. The minimum absolute atomic E-state index is 0.121. The number of likely N-dealkylation sites (tertiary alicyclic amines) is 1. The number of hydrogen-bond acceptors (Lipinski definition) is 4. The van der Waals surface area contributed by atoms with Crippen LogP contribution in [0.25, 0.3) is 0 Å². The molecule has 2 amide bonds. The molecule has 5 nitrogen and oxygen atoms in total. The van der Waals surface area contributed by atoms with Gasteiger partial charge in [-0.25, -0.2) is 0 Å². The third kappa shape index (κ3) is 2.22. The largest absolute Gasteiger partial charge is 0.495 e. The molecule has 0 saturated carbocycles. The van der Waals surface area contributed by atoms with Crippen molar-refractivity contribution in [3.63, 3.8) is 0 Å². The number of hydrogen-bond donors (Lipinski definition) is 1. The fourth-order valence-electron chi connectivity index (χ4n) is 1.86. The van der Waals surface area contributed by atoms with Crippen molar-refractivity contribution in [2.45, 2.75) is 19.4 Å². The highest BCUT2D eigenvalue weighted by Crippen LogP contribution is 2.24. The van der Waals surface area contributed by atoms with Crippen LogP contribution in [0.5, 0.6) is 5.75 Å². The van der Waals surface area contributed by atoms with Gasteiger partial charge in [0.15, 0.2) is 0 Å². The summed E-state index contributed by atoms with van der Waals surface area (Å²) in [6.45, 7) is 0.284. The number of carbonyl (C=O) groups excluding carboxylic acids is 2. The van der Waals surface area contributed by atoms with E-state index < -0.39 is 0 Å². The molecule has 1 heterocycles. The fraction of sp³-hybridized carbons (Fsp3) is 0.333. The van der Waals surface area contributed by atoms with E-state index in [1.807, 2.05) is 0 Å². The summed E-state index contributed by atoms with van der Waals surface area (Å²) in [5.41, 5.74) is 7.09. The Morgan fingerprint density at radius 3 is 2.47 bits per heavy atom. The van der Waals surface area contributed by atoms with Crippen molar-refractivity contribution in [2.24, 2.45) is 0 Å². The molecule has 1 aromatic carbocycles. The molecule has 90 valence electrons. The lowest BCUT2D eigenvalue weighted by atomic mass is 10.2. The number of carbonyl (C=O) groups is 2. The van der Waals surface area contributed by atoms with E-state index in [0.29, 0.717) is 24.3 Å². The average Bonchev–Trinajstić information content (AvgIpc) is 2.61. The Morgan fingerprint density at radius 2 is 1.94 bits per heavy atom. The topological polar surface area (TPSA) is 72.6 Å². The minimum Gasteiger partial charge on any atom is -0.495 e. The second kappa shape index (κ2) is 4.45. The molecular formula is C12H14N2O3. The van der Waals surface area contributed by atoms with Crippen LogP contribution in [0.4, 0.5) is 5.69 Å². The summed E-state index contributed by atoms with van der Waals surface area (Å²) in [6, 6.07) is 5.25. The van der Waals surface area contributed by atoms with Gasteiger partial charge < -0.3 is 10.5 Å². The molecule has 0 radical (unpaired) electrons. The number of imide groups is 1. The molecule has 1 fully saturated rings. The predicted octanol–water partition coefficient (Wildman–Crippen LogP) is 0.926. The van der Waals surface area contributed by atoms with Crippen LogP contribution in [0.15, 0.2) is 18.2 Å².